The Balaban J connectivity index is 1.63. The third kappa shape index (κ3) is 3.16. The molecule has 1 amide bonds. The smallest absolute Gasteiger partial charge is 0.247 e. The molecule has 2 aromatic carbocycles. The van der Waals surface area contributed by atoms with Crippen LogP contribution in [-0.2, 0) is 14.9 Å². The summed E-state index contributed by atoms with van der Waals surface area (Å²) in [5.41, 5.74) is 2.84. The minimum atomic E-state index is -0.310. The second-order valence-corrected chi connectivity index (χ2v) is 7.45. The number of amides is 1. The molecule has 1 aliphatic heterocycles. The van der Waals surface area contributed by atoms with Crippen LogP contribution in [0.5, 0.6) is 5.75 Å². The number of para-hydroxylation sites is 1. The summed E-state index contributed by atoms with van der Waals surface area (Å²) in [7, 11) is 3.40. The number of hydrogen-bond donors (Lipinski definition) is 2. The molecular formula is C22H26N2O3. The van der Waals surface area contributed by atoms with Gasteiger partial charge >= 0.3 is 0 Å². The molecule has 1 spiro atoms. The lowest BCUT2D eigenvalue weighted by Crippen LogP contribution is -2.50. The maximum Gasteiger partial charge on any atom is 0.247 e. The van der Waals surface area contributed by atoms with Crippen molar-refractivity contribution in [2.45, 2.75) is 43.2 Å². The summed E-state index contributed by atoms with van der Waals surface area (Å²) >= 11 is 0. The average molecular weight is 366 g/mol. The molecule has 2 aromatic rings. The molecule has 5 heteroatoms. The molecule has 3 atom stereocenters. The number of fused-ring (bicyclic) bond motifs is 2. The number of benzene rings is 2. The van der Waals surface area contributed by atoms with Crippen LogP contribution in [0, 0.1) is 0 Å². The molecule has 1 aliphatic carbocycles. The van der Waals surface area contributed by atoms with Crippen molar-refractivity contribution >= 4 is 17.3 Å². The third-order valence-electron chi connectivity index (χ3n) is 6.01. The highest BCUT2D eigenvalue weighted by Gasteiger charge is 2.52. The van der Waals surface area contributed by atoms with Crippen LogP contribution in [0.3, 0.4) is 0 Å². The van der Waals surface area contributed by atoms with E-state index in [1.165, 1.54) is 5.56 Å². The zero-order valence-corrected chi connectivity index (χ0v) is 15.8. The van der Waals surface area contributed by atoms with Gasteiger partial charge < -0.3 is 20.1 Å². The minimum Gasteiger partial charge on any atom is -0.497 e. The first kappa shape index (κ1) is 17.9. The Morgan fingerprint density at radius 3 is 2.67 bits per heavy atom. The number of hydrogen-bond acceptors (Lipinski definition) is 4. The van der Waals surface area contributed by atoms with Crippen molar-refractivity contribution in [2.24, 2.45) is 0 Å². The largest absolute Gasteiger partial charge is 0.497 e. The number of nitrogens with one attached hydrogen (secondary N) is 2. The quantitative estimate of drug-likeness (QED) is 0.860. The zero-order chi connectivity index (χ0) is 18.9. The molecule has 4 rings (SSSR count). The van der Waals surface area contributed by atoms with Crippen molar-refractivity contribution in [3.8, 4) is 5.75 Å². The van der Waals surface area contributed by atoms with Crippen molar-refractivity contribution < 1.29 is 14.3 Å². The highest BCUT2D eigenvalue weighted by atomic mass is 16.5. The van der Waals surface area contributed by atoms with E-state index in [0.29, 0.717) is 0 Å². The van der Waals surface area contributed by atoms with Crippen LogP contribution in [0.1, 0.15) is 31.2 Å². The standard InChI is InChI=1S/C22H26N2O3/c1-26-16-11-9-15(10-12-16)23-21(25)20-22(13-5-6-17(14-22)27-2)18-7-3-4-8-19(18)24-20/h3-4,7-12,17,20,24H,5-6,13-14H2,1-2H3,(H,23,25). The van der Waals surface area contributed by atoms with E-state index in [-0.39, 0.29) is 23.5 Å². The molecule has 0 aromatic heterocycles. The topological polar surface area (TPSA) is 59.6 Å². The van der Waals surface area contributed by atoms with E-state index in [0.717, 1.165) is 42.8 Å². The molecule has 3 unspecified atom stereocenters. The van der Waals surface area contributed by atoms with Crippen LogP contribution >= 0.6 is 0 Å². The van der Waals surface area contributed by atoms with Gasteiger partial charge in [0.1, 0.15) is 11.8 Å². The number of carbonyl (C=O) groups excluding carboxylic acids is 1. The van der Waals surface area contributed by atoms with E-state index < -0.39 is 0 Å². The molecule has 0 radical (unpaired) electrons. The molecule has 1 fully saturated rings. The van der Waals surface area contributed by atoms with E-state index in [1.807, 2.05) is 30.3 Å². The fraction of sp³-hybridized carbons (Fsp3) is 0.409. The van der Waals surface area contributed by atoms with Crippen molar-refractivity contribution in [3.05, 3.63) is 54.1 Å². The minimum absolute atomic E-state index is 0.00637. The summed E-state index contributed by atoms with van der Waals surface area (Å²) in [5.74, 6) is 0.763. The summed E-state index contributed by atoms with van der Waals surface area (Å²) < 4.78 is 10.9. The lowest BCUT2D eigenvalue weighted by Gasteiger charge is -2.41. The SMILES string of the molecule is COc1ccc(NC(=O)C2Nc3ccccc3C23CCCC(OC)C3)cc1. The first-order valence-corrected chi connectivity index (χ1v) is 9.50. The Bertz CT molecular complexity index is 821. The second-order valence-electron chi connectivity index (χ2n) is 7.45. The Kier molecular flexibility index (Phi) is 4.79. The van der Waals surface area contributed by atoms with Crippen LogP contribution in [0.25, 0.3) is 0 Å². The van der Waals surface area contributed by atoms with Gasteiger partial charge in [0.25, 0.3) is 0 Å². The Hall–Kier alpha value is -2.53. The normalized spacial score (nSPS) is 26.3. The molecule has 0 saturated heterocycles. The van der Waals surface area contributed by atoms with Gasteiger partial charge in [0.05, 0.1) is 13.2 Å². The zero-order valence-electron chi connectivity index (χ0n) is 15.8. The molecule has 27 heavy (non-hydrogen) atoms. The Morgan fingerprint density at radius 2 is 1.93 bits per heavy atom. The first-order chi connectivity index (χ1) is 13.2. The van der Waals surface area contributed by atoms with E-state index in [2.05, 4.69) is 28.8 Å². The lowest BCUT2D eigenvalue weighted by atomic mass is 9.65. The highest BCUT2D eigenvalue weighted by Crippen LogP contribution is 2.50. The first-order valence-electron chi connectivity index (χ1n) is 9.50. The van der Waals surface area contributed by atoms with Gasteiger partial charge in [-0.1, -0.05) is 18.2 Å². The number of ether oxygens (including phenoxy) is 2. The maximum atomic E-state index is 13.3. The molecule has 1 saturated carbocycles. The van der Waals surface area contributed by atoms with E-state index in [1.54, 1.807) is 14.2 Å². The van der Waals surface area contributed by atoms with Gasteiger partial charge in [-0.3, -0.25) is 4.79 Å². The molecule has 1 heterocycles. The summed E-state index contributed by atoms with van der Waals surface area (Å²) in [6, 6.07) is 15.4. The fourth-order valence-corrected chi connectivity index (χ4v) is 4.66. The van der Waals surface area contributed by atoms with Crippen molar-refractivity contribution in [2.75, 3.05) is 24.9 Å². The number of methoxy groups -OCH3 is 2. The van der Waals surface area contributed by atoms with Crippen LogP contribution < -0.4 is 15.4 Å². The fourth-order valence-electron chi connectivity index (χ4n) is 4.66. The van der Waals surface area contributed by atoms with Gasteiger partial charge in [-0.2, -0.15) is 0 Å². The highest BCUT2D eigenvalue weighted by molar-refractivity contribution is 5.99. The molecule has 5 nitrogen and oxygen atoms in total. The average Bonchev–Trinajstić information content (AvgIpc) is 3.02. The van der Waals surface area contributed by atoms with Crippen LogP contribution in [0.15, 0.2) is 48.5 Å². The van der Waals surface area contributed by atoms with Gasteiger partial charge in [0.15, 0.2) is 0 Å². The third-order valence-corrected chi connectivity index (χ3v) is 6.01. The lowest BCUT2D eigenvalue weighted by molar-refractivity contribution is -0.119. The Morgan fingerprint density at radius 1 is 1.15 bits per heavy atom. The number of rotatable bonds is 4. The molecule has 0 bridgehead atoms. The van der Waals surface area contributed by atoms with Crippen molar-refractivity contribution in [3.63, 3.8) is 0 Å². The molecular weight excluding hydrogens is 340 g/mol. The van der Waals surface area contributed by atoms with Crippen molar-refractivity contribution in [1.29, 1.82) is 0 Å². The maximum absolute atomic E-state index is 13.3. The van der Waals surface area contributed by atoms with Gasteiger partial charge in [-0.05, 0) is 61.6 Å². The van der Waals surface area contributed by atoms with Crippen LogP contribution in [0.4, 0.5) is 11.4 Å². The second kappa shape index (κ2) is 7.24. The van der Waals surface area contributed by atoms with Gasteiger partial charge in [0.2, 0.25) is 5.91 Å². The van der Waals surface area contributed by atoms with E-state index >= 15 is 0 Å². The van der Waals surface area contributed by atoms with Crippen LogP contribution in [-0.4, -0.2) is 32.3 Å². The monoisotopic (exact) mass is 366 g/mol. The van der Waals surface area contributed by atoms with Gasteiger partial charge in [-0.15, -0.1) is 0 Å². The van der Waals surface area contributed by atoms with Gasteiger partial charge in [-0.25, -0.2) is 0 Å². The van der Waals surface area contributed by atoms with Crippen molar-refractivity contribution in [1.82, 2.24) is 0 Å². The van der Waals surface area contributed by atoms with E-state index in [9.17, 15) is 4.79 Å². The molecule has 2 N–H and O–H groups in total. The Labute approximate surface area is 160 Å². The summed E-state index contributed by atoms with van der Waals surface area (Å²) in [4.78, 5) is 13.3. The predicted molar refractivity (Wildman–Crippen MR) is 106 cm³/mol. The summed E-state index contributed by atoms with van der Waals surface area (Å²) in [6.45, 7) is 0. The van der Waals surface area contributed by atoms with Gasteiger partial charge in [0, 0.05) is 23.9 Å². The predicted octanol–water partition coefficient (Wildman–Crippen LogP) is 3.95. The number of anilines is 2. The van der Waals surface area contributed by atoms with Crippen LogP contribution in [0.2, 0.25) is 0 Å². The number of carbonyl (C=O) groups is 1. The molecule has 142 valence electrons. The summed E-state index contributed by atoms with van der Waals surface area (Å²) in [6.07, 6.45) is 4.13. The van der Waals surface area contributed by atoms with E-state index in [4.69, 9.17) is 9.47 Å². The summed E-state index contributed by atoms with van der Waals surface area (Å²) in [5, 5.41) is 6.57. The molecule has 2 aliphatic rings.